The lowest BCUT2D eigenvalue weighted by molar-refractivity contribution is -0.108. The second-order valence-corrected chi connectivity index (χ2v) is 4.75. The van der Waals surface area contributed by atoms with Crippen LogP contribution >= 0.6 is 0 Å². The van der Waals surface area contributed by atoms with Crippen molar-refractivity contribution in [2.45, 2.75) is 27.2 Å². The Hall–Kier alpha value is -2.36. The van der Waals surface area contributed by atoms with Crippen LogP contribution in [0.3, 0.4) is 0 Å². The number of hydrogen-bond acceptors (Lipinski definition) is 2. The smallest absolute Gasteiger partial charge is 0.211 e. The van der Waals surface area contributed by atoms with Gasteiger partial charge in [0.15, 0.2) is 0 Å². The molecule has 0 atom stereocenters. The predicted molar refractivity (Wildman–Crippen MR) is 84.5 cm³/mol. The quantitative estimate of drug-likeness (QED) is 0.622. The summed E-state index contributed by atoms with van der Waals surface area (Å²) in [5, 5.41) is 2.63. The van der Waals surface area contributed by atoms with Crippen LogP contribution in [0.15, 0.2) is 53.4 Å². The highest BCUT2D eigenvalue weighted by molar-refractivity contribution is 5.65. The van der Waals surface area contributed by atoms with Crippen molar-refractivity contribution in [2.75, 3.05) is 0 Å². The number of carbonyl (C=O) groups excluding carboxylic acids is 1. The summed E-state index contributed by atoms with van der Waals surface area (Å²) in [7, 11) is 0. The van der Waals surface area contributed by atoms with Crippen LogP contribution in [0.5, 0.6) is 0 Å². The molecule has 3 N–H and O–H groups in total. The van der Waals surface area contributed by atoms with E-state index >= 15 is 0 Å². The van der Waals surface area contributed by atoms with Crippen LogP contribution < -0.4 is 11.1 Å². The molecule has 0 fully saturated rings. The Morgan fingerprint density at radius 3 is 2.38 bits per heavy atom. The summed E-state index contributed by atoms with van der Waals surface area (Å²) in [6, 6.07) is 6.26. The molecule has 0 spiro atoms. The molecule has 21 heavy (non-hydrogen) atoms. The summed E-state index contributed by atoms with van der Waals surface area (Å²) in [5.41, 5.74) is 10.0. The molecule has 0 aliphatic heterocycles. The molecule has 0 unspecified atom stereocenters. The number of halogens is 1. The van der Waals surface area contributed by atoms with Gasteiger partial charge in [-0.2, -0.15) is 0 Å². The molecule has 112 valence electrons. The molecule has 0 radical (unpaired) electrons. The highest BCUT2D eigenvalue weighted by Gasteiger charge is 2.03. The lowest BCUT2D eigenvalue weighted by atomic mass is 10.1. The first-order valence-electron chi connectivity index (χ1n) is 6.79. The van der Waals surface area contributed by atoms with Gasteiger partial charge in [0, 0.05) is 0 Å². The molecule has 0 heterocycles. The first-order valence-corrected chi connectivity index (χ1v) is 6.79. The van der Waals surface area contributed by atoms with E-state index < -0.39 is 0 Å². The Labute approximate surface area is 125 Å². The molecule has 0 aliphatic carbocycles. The molecule has 0 aliphatic rings. The summed E-state index contributed by atoms with van der Waals surface area (Å²) in [4.78, 5) is 10.7. The highest BCUT2D eigenvalue weighted by atomic mass is 19.1. The molecule has 1 amide bonds. The third kappa shape index (κ3) is 4.91. The van der Waals surface area contributed by atoms with Crippen molar-refractivity contribution < 1.29 is 9.18 Å². The lowest BCUT2D eigenvalue weighted by Gasteiger charge is -2.10. The van der Waals surface area contributed by atoms with E-state index in [0.717, 1.165) is 23.1 Å². The first kappa shape index (κ1) is 16.7. The van der Waals surface area contributed by atoms with Crippen molar-refractivity contribution in [1.29, 1.82) is 0 Å². The molecule has 4 heteroatoms. The summed E-state index contributed by atoms with van der Waals surface area (Å²) >= 11 is 0. The molecule has 3 nitrogen and oxygen atoms in total. The van der Waals surface area contributed by atoms with Gasteiger partial charge in [-0.25, -0.2) is 4.39 Å². The number of carbonyl (C=O) groups is 1. The van der Waals surface area contributed by atoms with Crippen LogP contribution in [0.25, 0.3) is 5.57 Å². The largest absolute Gasteiger partial charge is 0.397 e. The van der Waals surface area contributed by atoms with E-state index in [1.165, 1.54) is 12.1 Å². The van der Waals surface area contributed by atoms with Crippen LogP contribution in [0, 0.1) is 5.82 Å². The van der Waals surface area contributed by atoms with E-state index in [4.69, 9.17) is 5.73 Å². The van der Waals surface area contributed by atoms with Gasteiger partial charge < -0.3 is 11.1 Å². The van der Waals surface area contributed by atoms with Crippen molar-refractivity contribution in [3.63, 3.8) is 0 Å². The second-order valence-electron chi connectivity index (χ2n) is 4.75. The Morgan fingerprint density at radius 2 is 1.86 bits per heavy atom. The zero-order chi connectivity index (χ0) is 15.8. The number of nitrogens with one attached hydrogen (secondary N) is 1. The minimum absolute atomic E-state index is 0.263. The number of rotatable bonds is 6. The van der Waals surface area contributed by atoms with Gasteiger partial charge in [0.05, 0.1) is 11.4 Å². The molecule has 1 aromatic rings. The third-order valence-corrected chi connectivity index (χ3v) is 3.26. The maximum atomic E-state index is 12.9. The zero-order valence-corrected chi connectivity index (χ0v) is 12.6. The van der Waals surface area contributed by atoms with Gasteiger partial charge in [0.25, 0.3) is 0 Å². The Morgan fingerprint density at radius 1 is 1.24 bits per heavy atom. The van der Waals surface area contributed by atoms with Gasteiger partial charge in [0.1, 0.15) is 5.82 Å². The van der Waals surface area contributed by atoms with Gasteiger partial charge in [-0.1, -0.05) is 25.1 Å². The van der Waals surface area contributed by atoms with E-state index in [0.29, 0.717) is 17.8 Å². The molecule has 0 saturated carbocycles. The first-order chi connectivity index (χ1) is 9.99. The van der Waals surface area contributed by atoms with E-state index in [1.54, 1.807) is 18.2 Å². The summed E-state index contributed by atoms with van der Waals surface area (Å²) in [6.45, 7) is 5.83. The fourth-order valence-electron chi connectivity index (χ4n) is 1.80. The fourth-order valence-corrected chi connectivity index (χ4v) is 1.80. The van der Waals surface area contributed by atoms with Crippen LogP contribution in [0.4, 0.5) is 4.39 Å². The maximum Gasteiger partial charge on any atom is 0.211 e. The van der Waals surface area contributed by atoms with Crippen molar-refractivity contribution in [3.05, 3.63) is 64.8 Å². The lowest BCUT2D eigenvalue weighted by Crippen LogP contribution is -2.18. The summed E-state index contributed by atoms with van der Waals surface area (Å²) < 4.78 is 12.9. The van der Waals surface area contributed by atoms with E-state index in [9.17, 15) is 9.18 Å². The van der Waals surface area contributed by atoms with Gasteiger partial charge in [-0.05, 0) is 55.2 Å². The molecule has 0 aromatic heterocycles. The minimum Gasteiger partial charge on any atom is -0.397 e. The molecule has 0 bridgehead atoms. The summed E-state index contributed by atoms with van der Waals surface area (Å²) in [5.74, 6) is -0.263. The standard InChI is InChI=1S/C17H21FN2O/c1-4-12(2)17(20-11-21)16(19)10-5-13(3)14-6-8-15(18)9-7-14/h5-11H,4,19H2,1-3H3,(H,20,21)/b13-5+,16-10+,17-12+. The fraction of sp³-hybridized carbons (Fsp3) is 0.235. The van der Waals surface area contributed by atoms with Crippen LogP contribution in [-0.4, -0.2) is 6.41 Å². The van der Waals surface area contributed by atoms with Gasteiger partial charge in [-0.3, -0.25) is 4.79 Å². The molecular formula is C17H21FN2O. The third-order valence-electron chi connectivity index (χ3n) is 3.26. The number of benzene rings is 1. The number of allylic oxidation sites excluding steroid dienone is 4. The van der Waals surface area contributed by atoms with Gasteiger partial charge in [-0.15, -0.1) is 0 Å². The second kappa shape index (κ2) is 8.04. The highest BCUT2D eigenvalue weighted by Crippen LogP contribution is 2.16. The van der Waals surface area contributed by atoms with Gasteiger partial charge in [0.2, 0.25) is 6.41 Å². The molecule has 0 saturated heterocycles. The van der Waals surface area contributed by atoms with Crippen LogP contribution in [0.1, 0.15) is 32.8 Å². The van der Waals surface area contributed by atoms with E-state index in [-0.39, 0.29) is 5.82 Å². The van der Waals surface area contributed by atoms with Crippen molar-refractivity contribution in [1.82, 2.24) is 5.32 Å². The van der Waals surface area contributed by atoms with E-state index in [2.05, 4.69) is 5.32 Å². The topological polar surface area (TPSA) is 55.1 Å². The summed E-state index contributed by atoms with van der Waals surface area (Å²) in [6.07, 6.45) is 5.00. The SMILES string of the molecule is CC\C(C)=C(NC=O)/C(N)=C\C=C(/C)c1ccc(F)cc1. The van der Waals surface area contributed by atoms with Crippen LogP contribution in [-0.2, 0) is 4.79 Å². The number of amides is 1. The Bertz CT molecular complexity index is 583. The van der Waals surface area contributed by atoms with Crippen molar-refractivity contribution in [3.8, 4) is 0 Å². The van der Waals surface area contributed by atoms with E-state index in [1.807, 2.05) is 26.8 Å². The maximum absolute atomic E-state index is 12.9. The Balaban J connectivity index is 3.02. The average Bonchev–Trinajstić information content (AvgIpc) is 2.49. The predicted octanol–water partition coefficient (Wildman–Crippen LogP) is 3.50. The zero-order valence-electron chi connectivity index (χ0n) is 12.6. The van der Waals surface area contributed by atoms with Crippen molar-refractivity contribution >= 4 is 12.0 Å². The van der Waals surface area contributed by atoms with Crippen LogP contribution in [0.2, 0.25) is 0 Å². The Kier molecular flexibility index (Phi) is 6.40. The molecule has 1 aromatic carbocycles. The van der Waals surface area contributed by atoms with Gasteiger partial charge >= 0.3 is 0 Å². The average molecular weight is 288 g/mol. The normalized spacial score (nSPS) is 13.7. The molecular weight excluding hydrogens is 267 g/mol. The monoisotopic (exact) mass is 288 g/mol. The minimum atomic E-state index is -0.263. The number of hydrogen-bond donors (Lipinski definition) is 2. The molecule has 1 rings (SSSR count). The van der Waals surface area contributed by atoms with Crippen molar-refractivity contribution in [2.24, 2.45) is 5.73 Å². The number of nitrogens with two attached hydrogens (primary N) is 1.